The summed E-state index contributed by atoms with van der Waals surface area (Å²) < 4.78 is 13.1. The fourth-order valence-corrected chi connectivity index (χ4v) is 3.80. The third kappa shape index (κ3) is 4.49. The number of amidine groups is 1. The number of carbonyl (C=O) groups is 1. The largest absolute Gasteiger partial charge is 0.493 e. The average Bonchev–Trinajstić information content (AvgIpc) is 2.92. The lowest BCUT2D eigenvalue weighted by Crippen LogP contribution is -2.01. The molecule has 3 rings (SSSR count). The number of methoxy groups -OCH3 is 1. The molecule has 0 aromatic heterocycles. The van der Waals surface area contributed by atoms with E-state index in [9.17, 15) is 4.79 Å². The van der Waals surface area contributed by atoms with Gasteiger partial charge in [-0.2, -0.15) is 4.99 Å². The molecule has 2 aromatic rings. The number of halogens is 2. The second-order valence-corrected chi connectivity index (χ2v) is 8.15. The number of hydrogen-bond donors (Lipinski definition) is 1. The van der Waals surface area contributed by atoms with Crippen molar-refractivity contribution in [3.8, 4) is 11.5 Å². The number of nitrogens with two attached hydrogens (primary N) is 1. The van der Waals surface area contributed by atoms with Crippen molar-refractivity contribution in [2.45, 2.75) is 6.61 Å². The average molecular weight is 498 g/mol. The molecule has 5 nitrogen and oxygen atoms in total. The maximum Gasteiger partial charge on any atom is 0.286 e. The highest BCUT2D eigenvalue weighted by molar-refractivity contribution is 9.10. The van der Waals surface area contributed by atoms with Gasteiger partial charge in [0, 0.05) is 4.47 Å². The highest BCUT2D eigenvalue weighted by Gasteiger charge is 2.20. The summed E-state index contributed by atoms with van der Waals surface area (Å²) in [6.07, 6.45) is 1.72. The predicted molar refractivity (Wildman–Crippen MR) is 111 cm³/mol. The Morgan fingerprint density at radius 1 is 1.23 bits per heavy atom. The van der Waals surface area contributed by atoms with Crippen LogP contribution in [0.25, 0.3) is 6.08 Å². The van der Waals surface area contributed by atoms with Crippen LogP contribution in [0, 0.1) is 0 Å². The van der Waals surface area contributed by atoms with Crippen molar-refractivity contribution >= 4 is 60.8 Å². The smallest absolute Gasteiger partial charge is 0.286 e. The van der Waals surface area contributed by atoms with Gasteiger partial charge in [-0.1, -0.05) is 28.1 Å². The molecule has 8 heteroatoms. The molecule has 0 saturated heterocycles. The van der Waals surface area contributed by atoms with Gasteiger partial charge in [-0.25, -0.2) is 0 Å². The van der Waals surface area contributed by atoms with Crippen LogP contribution in [0.15, 0.2) is 55.2 Å². The summed E-state index contributed by atoms with van der Waals surface area (Å²) in [5.41, 5.74) is 7.40. The Labute approximate surface area is 171 Å². The Morgan fingerprint density at radius 2 is 1.96 bits per heavy atom. The van der Waals surface area contributed by atoms with E-state index >= 15 is 0 Å². The van der Waals surface area contributed by atoms with Gasteiger partial charge < -0.3 is 15.2 Å². The zero-order chi connectivity index (χ0) is 18.7. The van der Waals surface area contributed by atoms with Crippen LogP contribution in [0.4, 0.5) is 0 Å². The summed E-state index contributed by atoms with van der Waals surface area (Å²) in [4.78, 5) is 15.9. The fraction of sp³-hybridized carbons (Fsp3) is 0.111. The molecule has 0 spiro atoms. The molecule has 2 N–H and O–H groups in total. The number of nitrogens with zero attached hydrogens (tertiary/aromatic N) is 1. The third-order valence-corrected chi connectivity index (χ3v) is 5.41. The second-order valence-electron chi connectivity index (χ2n) is 5.32. The van der Waals surface area contributed by atoms with Crippen LogP contribution >= 0.6 is 43.6 Å². The van der Waals surface area contributed by atoms with E-state index in [1.54, 1.807) is 19.3 Å². The molecular weight excluding hydrogens is 484 g/mol. The monoisotopic (exact) mass is 496 g/mol. The van der Waals surface area contributed by atoms with Crippen molar-refractivity contribution in [2.24, 2.45) is 10.7 Å². The number of ether oxygens (including phenoxy) is 2. The first-order valence-electron chi connectivity index (χ1n) is 7.49. The van der Waals surface area contributed by atoms with Crippen molar-refractivity contribution in [1.29, 1.82) is 0 Å². The zero-order valence-corrected chi connectivity index (χ0v) is 17.7. The van der Waals surface area contributed by atoms with Gasteiger partial charge in [-0.15, -0.1) is 0 Å². The SMILES string of the molecule is COc1cc(/C=C2\SC(N)=NC2=O)cc(Br)c1OCc1ccc(Br)cc1. The lowest BCUT2D eigenvalue weighted by molar-refractivity contribution is -0.113. The van der Waals surface area contributed by atoms with Gasteiger partial charge in [-0.3, -0.25) is 4.79 Å². The van der Waals surface area contributed by atoms with E-state index in [0.717, 1.165) is 31.8 Å². The normalized spacial score (nSPS) is 15.3. The first kappa shape index (κ1) is 19.0. The van der Waals surface area contributed by atoms with Gasteiger partial charge in [0.15, 0.2) is 16.7 Å². The number of hydrogen-bond acceptors (Lipinski definition) is 5. The molecule has 0 unspecified atom stereocenters. The number of amides is 1. The van der Waals surface area contributed by atoms with Crippen LogP contribution in [0.5, 0.6) is 11.5 Å². The summed E-state index contributed by atoms with van der Waals surface area (Å²) in [5, 5.41) is 0.252. The number of rotatable bonds is 5. The van der Waals surface area contributed by atoms with Gasteiger partial charge in [0.1, 0.15) is 6.61 Å². The van der Waals surface area contributed by atoms with Crippen molar-refractivity contribution in [2.75, 3.05) is 7.11 Å². The molecule has 1 aliphatic rings. The minimum Gasteiger partial charge on any atom is -0.493 e. The quantitative estimate of drug-likeness (QED) is 0.604. The molecule has 0 bridgehead atoms. The molecule has 1 heterocycles. The topological polar surface area (TPSA) is 73.9 Å². The Balaban J connectivity index is 1.82. The van der Waals surface area contributed by atoms with Gasteiger partial charge in [0.05, 0.1) is 16.5 Å². The van der Waals surface area contributed by atoms with Gasteiger partial charge >= 0.3 is 0 Å². The number of aliphatic imine (C=N–C) groups is 1. The maximum absolute atomic E-state index is 11.8. The standard InChI is InChI=1S/C18H14Br2N2O3S/c1-24-14-7-11(8-15-17(23)22-18(21)26-15)6-13(20)16(14)25-9-10-2-4-12(19)5-3-10/h2-8H,9H2,1H3,(H2,21,22,23)/b15-8-. The molecule has 0 radical (unpaired) electrons. The molecule has 2 aromatic carbocycles. The van der Waals surface area contributed by atoms with E-state index in [1.807, 2.05) is 30.3 Å². The van der Waals surface area contributed by atoms with Crippen LogP contribution in [0.2, 0.25) is 0 Å². The Morgan fingerprint density at radius 3 is 2.58 bits per heavy atom. The van der Waals surface area contributed by atoms with Crippen LogP contribution < -0.4 is 15.2 Å². The zero-order valence-electron chi connectivity index (χ0n) is 13.7. The molecule has 0 atom stereocenters. The van der Waals surface area contributed by atoms with E-state index in [1.165, 1.54) is 0 Å². The van der Waals surface area contributed by atoms with Crippen molar-refractivity contribution in [3.63, 3.8) is 0 Å². The molecule has 26 heavy (non-hydrogen) atoms. The summed E-state index contributed by atoms with van der Waals surface area (Å²) in [6, 6.07) is 11.5. The second kappa shape index (κ2) is 8.28. The van der Waals surface area contributed by atoms with Crippen LogP contribution in [0.3, 0.4) is 0 Å². The highest BCUT2D eigenvalue weighted by Crippen LogP contribution is 2.38. The molecule has 0 aliphatic carbocycles. The number of carbonyl (C=O) groups excluding carboxylic acids is 1. The highest BCUT2D eigenvalue weighted by atomic mass is 79.9. The first-order chi connectivity index (χ1) is 12.5. The maximum atomic E-state index is 11.8. The summed E-state index contributed by atoms with van der Waals surface area (Å²) in [5.74, 6) is 0.824. The minimum absolute atomic E-state index is 0.252. The number of thioether (sulfide) groups is 1. The van der Waals surface area contributed by atoms with Crippen LogP contribution in [-0.2, 0) is 11.4 Å². The van der Waals surface area contributed by atoms with Crippen molar-refractivity contribution in [3.05, 3.63) is 61.4 Å². The number of benzene rings is 2. The Hall–Kier alpha value is -1.77. The fourth-order valence-electron chi connectivity index (χ4n) is 2.28. The summed E-state index contributed by atoms with van der Waals surface area (Å²) in [6.45, 7) is 0.404. The first-order valence-corrected chi connectivity index (χ1v) is 9.89. The van der Waals surface area contributed by atoms with E-state index in [0.29, 0.717) is 23.0 Å². The van der Waals surface area contributed by atoms with Crippen LogP contribution in [0.1, 0.15) is 11.1 Å². The Kier molecular flexibility index (Phi) is 6.05. The van der Waals surface area contributed by atoms with Gasteiger partial charge in [-0.05, 0) is 69.2 Å². The van der Waals surface area contributed by atoms with Gasteiger partial charge in [0.2, 0.25) is 0 Å². The predicted octanol–water partition coefficient (Wildman–Crippen LogP) is 4.73. The lowest BCUT2D eigenvalue weighted by Gasteiger charge is -2.14. The molecule has 1 amide bonds. The molecule has 0 saturated carbocycles. The van der Waals surface area contributed by atoms with E-state index in [-0.39, 0.29) is 11.1 Å². The van der Waals surface area contributed by atoms with E-state index < -0.39 is 0 Å². The molecule has 134 valence electrons. The summed E-state index contributed by atoms with van der Waals surface area (Å²) >= 11 is 8.07. The van der Waals surface area contributed by atoms with Gasteiger partial charge in [0.25, 0.3) is 5.91 Å². The lowest BCUT2D eigenvalue weighted by atomic mass is 10.2. The minimum atomic E-state index is -0.335. The summed E-state index contributed by atoms with van der Waals surface area (Å²) in [7, 11) is 1.57. The van der Waals surface area contributed by atoms with E-state index in [4.69, 9.17) is 15.2 Å². The molecule has 1 aliphatic heterocycles. The van der Waals surface area contributed by atoms with Crippen molar-refractivity contribution in [1.82, 2.24) is 0 Å². The third-order valence-electron chi connectivity index (χ3n) is 3.48. The van der Waals surface area contributed by atoms with Crippen LogP contribution in [-0.4, -0.2) is 18.2 Å². The Bertz CT molecular complexity index is 911. The van der Waals surface area contributed by atoms with Crippen molar-refractivity contribution < 1.29 is 14.3 Å². The molecular formula is C18H14Br2N2O3S. The molecule has 0 fully saturated rings. The van der Waals surface area contributed by atoms with E-state index in [2.05, 4.69) is 36.9 Å².